The van der Waals surface area contributed by atoms with E-state index < -0.39 is 0 Å². The van der Waals surface area contributed by atoms with Gasteiger partial charge in [-0.1, -0.05) is 35.9 Å². The number of nitrogens with one attached hydrogen (secondary N) is 1. The van der Waals surface area contributed by atoms with Gasteiger partial charge in [0.15, 0.2) is 6.61 Å². The molecule has 1 N–H and O–H groups in total. The molecule has 0 radical (unpaired) electrons. The highest BCUT2D eigenvalue weighted by molar-refractivity contribution is 5.77. The largest absolute Gasteiger partial charge is 0.484 e. The number of hydrogen-bond acceptors (Lipinski definition) is 3. The standard InChI is InChI=1S/C20H24N2O2/c1-16-7-9-19(10-8-16)24-15-20(23)21-13-17-11-12-22(14-17)18-5-3-2-4-6-18/h2-10,17H,11-15H2,1H3,(H,21,23). The lowest BCUT2D eigenvalue weighted by Crippen LogP contribution is -2.34. The Morgan fingerprint density at radius 1 is 1.17 bits per heavy atom. The molecule has 0 saturated carbocycles. The molecule has 2 aromatic rings. The number of anilines is 1. The minimum atomic E-state index is -0.0614. The van der Waals surface area contributed by atoms with E-state index in [0.29, 0.717) is 12.5 Å². The van der Waals surface area contributed by atoms with E-state index in [0.717, 1.165) is 25.3 Å². The smallest absolute Gasteiger partial charge is 0.257 e. The Morgan fingerprint density at radius 2 is 1.92 bits per heavy atom. The van der Waals surface area contributed by atoms with E-state index in [2.05, 4.69) is 34.5 Å². The molecule has 1 atom stereocenters. The summed E-state index contributed by atoms with van der Waals surface area (Å²) in [6.45, 7) is 4.84. The van der Waals surface area contributed by atoms with Crippen LogP contribution in [-0.4, -0.2) is 32.1 Å². The van der Waals surface area contributed by atoms with Crippen molar-refractivity contribution < 1.29 is 9.53 Å². The zero-order valence-electron chi connectivity index (χ0n) is 14.1. The number of nitrogens with zero attached hydrogens (tertiary/aromatic N) is 1. The maximum atomic E-state index is 11.9. The van der Waals surface area contributed by atoms with Crippen molar-refractivity contribution in [1.29, 1.82) is 0 Å². The van der Waals surface area contributed by atoms with E-state index in [9.17, 15) is 4.79 Å². The highest BCUT2D eigenvalue weighted by Crippen LogP contribution is 2.22. The van der Waals surface area contributed by atoms with Crippen molar-refractivity contribution in [3.8, 4) is 5.75 Å². The van der Waals surface area contributed by atoms with Crippen molar-refractivity contribution in [3.05, 3.63) is 60.2 Å². The molecule has 0 aromatic heterocycles. The third-order valence-corrected chi connectivity index (χ3v) is 4.39. The molecular formula is C20H24N2O2. The molecule has 1 heterocycles. The summed E-state index contributed by atoms with van der Waals surface area (Å²) in [6, 6.07) is 18.2. The SMILES string of the molecule is Cc1ccc(OCC(=O)NCC2CCN(c3ccccc3)C2)cc1. The zero-order valence-corrected chi connectivity index (χ0v) is 14.1. The van der Waals surface area contributed by atoms with E-state index in [1.807, 2.05) is 37.3 Å². The molecule has 3 rings (SSSR count). The Bertz CT molecular complexity index is 655. The number of ether oxygens (including phenoxy) is 1. The second-order valence-corrected chi connectivity index (χ2v) is 6.34. The molecule has 1 amide bonds. The molecule has 2 aromatic carbocycles. The topological polar surface area (TPSA) is 41.6 Å². The Labute approximate surface area is 143 Å². The normalized spacial score (nSPS) is 16.9. The van der Waals surface area contributed by atoms with E-state index in [1.54, 1.807) is 0 Å². The summed E-state index contributed by atoms with van der Waals surface area (Å²) in [5.74, 6) is 1.16. The summed E-state index contributed by atoms with van der Waals surface area (Å²) in [4.78, 5) is 14.3. The van der Waals surface area contributed by atoms with Crippen LogP contribution < -0.4 is 15.0 Å². The van der Waals surface area contributed by atoms with Crippen molar-refractivity contribution in [2.45, 2.75) is 13.3 Å². The highest BCUT2D eigenvalue weighted by atomic mass is 16.5. The Morgan fingerprint density at radius 3 is 2.67 bits per heavy atom. The number of benzene rings is 2. The minimum Gasteiger partial charge on any atom is -0.484 e. The lowest BCUT2D eigenvalue weighted by atomic mass is 10.1. The predicted octanol–water partition coefficient (Wildman–Crippen LogP) is 3.02. The second kappa shape index (κ2) is 7.86. The van der Waals surface area contributed by atoms with Crippen LogP contribution in [0.4, 0.5) is 5.69 Å². The highest BCUT2D eigenvalue weighted by Gasteiger charge is 2.22. The maximum Gasteiger partial charge on any atom is 0.257 e. The Kier molecular flexibility index (Phi) is 5.36. The van der Waals surface area contributed by atoms with Gasteiger partial charge < -0.3 is 15.0 Å². The number of rotatable bonds is 6. The minimum absolute atomic E-state index is 0.0614. The van der Waals surface area contributed by atoms with E-state index in [-0.39, 0.29) is 12.5 Å². The molecule has 1 unspecified atom stereocenters. The molecule has 0 spiro atoms. The van der Waals surface area contributed by atoms with Crippen LogP contribution in [0, 0.1) is 12.8 Å². The molecule has 0 aliphatic carbocycles. The second-order valence-electron chi connectivity index (χ2n) is 6.34. The molecule has 1 aliphatic heterocycles. The number of carbonyl (C=O) groups is 1. The van der Waals surface area contributed by atoms with Crippen LogP contribution in [0.3, 0.4) is 0 Å². The zero-order chi connectivity index (χ0) is 16.8. The fourth-order valence-corrected chi connectivity index (χ4v) is 2.97. The predicted molar refractivity (Wildman–Crippen MR) is 96.4 cm³/mol. The number of carbonyl (C=O) groups excluding carboxylic acids is 1. The van der Waals surface area contributed by atoms with Gasteiger partial charge in [0.05, 0.1) is 0 Å². The van der Waals surface area contributed by atoms with Gasteiger partial charge in [-0.15, -0.1) is 0 Å². The quantitative estimate of drug-likeness (QED) is 0.888. The first-order chi connectivity index (χ1) is 11.7. The first-order valence-electron chi connectivity index (χ1n) is 8.47. The first kappa shape index (κ1) is 16.4. The van der Waals surface area contributed by atoms with Crippen LogP contribution in [0.25, 0.3) is 0 Å². The van der Waals surface area contributed by atoms with Crippen LogP contribution in [0.2, 0.25) is 0 Å². The van der Waals surface area contributed by atoms with Crippen molar-refractivity contribution >= 4 is 11.6 Å². The molecule has 1 fully saturated rings. The molecule has 1 aliphatic rings. The number of aryl methyl sites for hydroxylation is 1. The van der Waals surface area contributed by atoms with E-state index >= 15 is 0 Å². The summed E-state index contributed by atoms with van der Waals surface area (Å²) in [7, 11) is 0. The molecule has 4 nitrogen and oxygen atoms in total. The van der Waals surface area contributed by atoms with Gasteiger partial charge >= 0.3 is 0 Å². The molecule has 4 heteroatoms. The van der Waals surface area contributed by atoms with Gasteiger partial charge in [-0.05, 0) is 43.5 Å². The maximum absolute atomic E-state index is 11.9. The summed E-state index contributed by atoms with van der Waals surface area (Å²) in [5, 5.41) is 2.99. The third-order valence-electron chi connectivity index (χ3n) is 4.39. The number of hydrogen-bond donors (Lipinski definition) is 1. The van der Waals surface area contributed by atoms with Gasteiger partial charge in [0.25, 0.3) is 5.91 Å². The third kappa shape index (κ3) is 4.51. The Balaban J connectivity index is 1.38. The summed E-state index contributed by atoms with van der Waals surface area (Å²) in [5.41, 5.74) is 2.44. The van der Waals surface area contributed by atoms with Gasteiger partial charge in [0, 0.05) is 25.3 Å². The van der Waals surface area contributed by atoms with Gasteiger partial charge in [-0.3, -0.25) is 4.79 Å². The van der Waals surface area contributed by atoms with Gasteiger partial charge in [0.1, 0.15) is 5.75 Å². The lowest BCUT2D eigenvalue weighted by molar-refractivity contribution is -0.123. The Hall–Kier alpha value is -2.49. The lowest BCUT2D eigenvalue weighted by Gasteiger charge is -2.18. The average molecular weight is 324 g/mol. The van der Waals surface area contributed by atoms with Crippen LogP contribution in [0.1, 0.15) is 12.0 Å². The van der Waals surface area contributed by atoms with Crippen LogP contribution in [-0.2, 0) is 4.79 Å². The van der Waals surface area contributed by atoms with Gasteiger partial charge in [0.2, 0.25) is 0 Å². The monoisotopic (exact) mass is 324 g/mol. The van der Waals surface area contributed by atoms with Crippen molar-refractivity contribution in [1.82, 2.24) is 5.32 Å². The van der Waals surface area contributed by atoms with Crippen LogP contribution >= 0.6 is 0 Å². The summed E-state index contributed by atoms with van der Waals surface area (Å²) >= 11 is 0. The first-order valence-corrected chi connectivity index (χ1v) is 8.47. The fraction of sp³-hybridized carbons (Fsp3) is 0.350. The molecular weight excluding hydrogens is 300 g/mol. The van der Waals surface area contributed by atoms with Crippen molar-refractivity contribution in [2.24, 2.45) is 5.92 Å². The van der Waals surface area contributed by atoms with E-state index in [4.69, 9.17) is 4.74 Å². The van der Waals surface area contributed by atoms with Crippen molar-refractivity contribution in [2.75, 3.05) is 31.1 Å². The molecule has 24 heavy (non-hydrogen) atoms. The van der Waals surface area contributed by atoms with Crippen molar-refractivity contribution in [3.63, 3.8) is 0 Å². The molecule has 0 bridgehead atoms. The molecule has 126 valence electrons. The van der Waals surface area contributed by atoms with Crippen LogP contribution in [0.5, 0.6) is 5.75 Å². The number of para-hydroxylation sites is 1. The van der Waals surface area contributed by atoms with E-state index in [1.165, 1.54) is 11.3 Å². The fourth-order valence-electron chi connectivity index (χ4n) is 2.97. The van der Waals surface area contributed by atoms with Gasteiger partial charge in [-0.25, -0.2) is 0 Å². The molecule has 1 saturated heterocycles. The summed E-state index contributed by atoms with van der Waals surface area (Å²) in [6.07, 6.45) is 1.11. The van der Waals surface area contributed by atoms with Crippen LogP contribution in [0.15, 0.2) is 54.6 Å². The van der Waals surface area contributed by atoms with Gasteiger partial charge in [-0.2, -0.15) is 0 Å². The number of amides is 1. The average Bonchev–Trinajstić information content (AvgIpc) is 3.09. The summed E-state index contributed by atoms with van der Waals surface area (Å²) < 4.78 is 5.51.